The molecule has 0 radical (unpaired) electrons. The Morgan fingerprint density at radius 1 is 1.09 bits per heavy atom. The zero-order chi connectivity index (χ0) is 33.0. The molecule has 10 nitrogen and oxygen atoms in total. The van der Waals surface area contributed by atoms with Crippen LogP contribution in [0.25, 0.3) is 11.3 Å². The first-order valence-corrected chi connectivity index (χ1v) is 16.3. The van der Waals surface area contributed by atoms with Gasteiger partial charge in [0.25, 0.3) is 5.92 Å². The molecule has 6 atom stereocenters. The Morgan fingerprint density at radius 2 is 1.70 bits per heavy atom. The van der Waals surface area contributed by atoms with Crippen LogP contribution in [0.4, 0.5) is 22.0 Å². The molecule has 254 valence electrons. The van der Waals surface area contributed by atoms with Gasteiger partial charge in [0.15, 0.2) is 17.5 Å². The normalized spacial score (nSPS) is 30.7. The van der Waals surface area contributed by atoms with Gasteiger partial charge in [0.1, 0.15) is 40.7 Å². The number of thioether (sulfide) groups is 1. The fourth-order valence-electron chi connectivity index (χ4n) is 6.90. The van der Waals surface area contributed by atoms with E-state index in [0.717, 1.165) is 49.6 Å². The van der Waals surface area contributed by atoms with E-state index in [9.17, 15) is 42.1 Å². The highest BCUT2D eigenvalue weighted by molar-refractivity contribution is 8.01. The lowest BCUT2D eigenvalue weighted by atomic mass is 9.75. The second-order valence-electron chi connectivity index (χ2n) is 13.0. The van der Waals surface area contributed by atoms with E-state index in [4.69, 9.17) is 9.47 Å². The van der Waals surface area contributed by atoms with Gasteiger partial charge in [-0.2, -0.15) is 0 Å². The standard InChI is InChI=1S/C30H37F5N4O6S/c1-44-24-22(39-14-19(36-37-39)16-12-17(31)21(33)18(32)13-16)23(41)20(15-40)45-27(24)46-25(26(42)38-10-8-30(34,35)9-11-38)29(43)6-4-28(2-3-28)5-7-29/h12-14,20,22-25,27,40-41,43H,2-11,15H2,1H3/t20-,22+,23+,24-,25-,27+/m1/s1. The van der Waals surface area contributed by atoms with Crippen LogP contribution in [0.5, 0.6) is 0 Å². The molecule has 4 fully saturated rings. The molecular formula is C30H37F5N4O6S. The average Bonchev–Trinajstić information content (AvgIpc) is 3.62. The Kier molecular flexibility index (Phi) is 9.17. The maximum Gasteiger partial charge on any atom is 0.251 e. The number of nitrogens with zero attached hydrogens (tertiary/aromatic N) is 4. The molecule has 6 rings (SSSR count). The number of aromatic nitrogens is 3. The Hall–Kier alpha value is -2.37. The lowest BCUT2D eigenvalue weighted by Crippen LogP contribution is -2.59. The molecule has 1 aromatic carbocycles. The summed E-state index contributed by atoms with van der Waals surface area (Å²) in [6, 6.07) is 0.392. The number of likely N-dealkylation sites (tertiary alicyclic amines) is 1. The van der Waals surface area contributed by atoms with Gasteiger partial charge >= 0.3 is 0 Å². The molecule has 1 spiro atoms. The third-order valence-electron chi connectivity index (χ3n) is 10.1. The highest BCUT2D eigenvalue weighted by Gasteiger charge is 2.56. The van der Waals surface area contributed by atoms with Gasteiger partial charge in [0.05, 0.1) is 18.4 Å². The zero-order valence-corrected chi connectivity index (χ0v) is 25.9. The Labute approximate surface area is 266 Å². The molecule has 4 aliphatic rings. The van der Waals surface area contributed by atoms with Gasteiger partial charge in [0, 0.05) is 38.6 Å². The largest absolute Gasteiger partial charge is 0.394 e. The van der Waals surface area contributed by atoms with Crippen molar-refractivity contribution in [1.29, 1.82) is 0 Å². The zero-order valence-electron chi connectivity index (χ0n) is 25.1. The minimum Gasteiger partial charge on any atom is -0.394 e. The number of aliphatic hydroxyl groups excluding tert-OH is 2. The van der Waals surface area contributed by atoms with Crippen LogP contribution in [0.3, 0.4) is 0 Å². The first-order chi connectivity index (χ1) is 21.8. The molecule has 2 aromatic rings. The van der Waals surface area contributed by atoms with E-state index >= 15 is 0 Å². The van der Waals surface area contributed by atoms with Crippen LogP contribution < -0.4 is 0 Å². The number of halogens is 5. The van der Waals surface area contributed by atoms with Crippen molar-refractivity contribution in [1.82, 2.24) is 19.9 Å². The van der Waals surface area contributed by atoms with Gasteiger partial charge in [-0.15, -0.1) is 16.9 Å². The van der Waals surface area contributed by atoms with Crippen molar-refractivity contribution in [2.75, 3.05) is 26.8 Å². The highest BCUT2D eigenvalue weighted by atomic mass is 32.2. The van der Waals surface area contributed by atoms with Crippen molar-refractivity contribution >= 4 is 17.7 Å². The minimum atomic E-state index is -2.88. The number of benzene rings is 1. The highest BCUT2D eigenvalue weighted by Crippen LogP contribution is 2.59. The molecule has 0 bridgehead atoms. The number of alkyl halides is 2. The number of ether oxygens (including phenoxy) is 2. The third-order valence-corrected chi connectivity index (χ3v) is 11.7. The number of amides is 1. The Morgan fingerprint density at radius 3 is 2.26 bits per heavy atom. The van der Waals surface area contributed by atoms with Crippen molar-refractivity contribution < 1.29 is 51.5 Å². The van der Waals surface area contributed by atoms with Gasteiger partial charge in [0.2, 0.25) is 5.91 Å². The number of aliphatic hydroxyl groups is 3. The molecule has 2 saturated heterocycles. The van der Waals surface area contributed by atoms with Crippen molar-refractivity contribution in [3.63, 3.8) is 0 Å². The van der Waals surface area contributed by atoms with E-state index in [1.165, 1.54) is 22.9 Å². The van der Waals surface area contributed by atoms with Gasteiger partial charge in [-0.1, -0.05) is 5.21 Å². The van der Waals surface area contributed by atoms with Crippen LogP contribution in [0, 0.1) is 22.9 Å². The predicted octanol–water partition coefficient (Wildman–Crippen LogP) is 3.44. The molecule has 16 heteroatoms. The van der Waals surface area contributed by atoms with Crippen molar-refractivity contribution in [3.05, 3.63) is 35.8 Å². The summed E-state index contributed by atoms with van der Waals surface area (Å²) in [7, 11) is 1.33. The van der Waals surface area contributed by atoms with Crippen LogP contribution in [-0.4, -0.2) is 108 Å². The molecule has 1 amide bonds. The fourth-order valence-corrected chi connectivity index (χ4v) is 8.56. The summed E-state index contributed by atoms with van der Waals surface area (Å²) < 4.78 is 82.4. The van der Waals surface area contributed by atoms with Crippen LogP contribution in [0.2, 0.25) is 0 Å². The van der Waals surface area contributed by atoms with Gasteiger partial charge in [-0.05, 0) is 56.1 Å². The monoisotopic (exact) mass is 676 g/mol. The predicted molar refractivity (Wildman–Crippen MR) is 154 cm³/mol. The first-order valence-electron chi connectivity index (χ1n) is 15.4. The lowest BCUT2D eigenvalue weighted by Gasteiger charge is -2.47. The van der Waals surface area contributed by atoms with Gasteiger partial charge in [-0.3, -0.25) is 4.79 Å². The van der Waals surface area contributed by atoms with Crippen LogP contribution in [0.1, 0.15) is 57.4 Å². The Balaban J connectivity index is 1.30. The van der Waals surface area contributed by atoms with E-state index in [1.807, 2.05) is 0 Å². The summed E-state index contributed by atoms with van der Waals surface area (Å²) >= 11 is 0.954. The first kappa shape index (κ1) is 33.5. The van der Waals surface area contributed by atoms with Crippen LogP contribution >= 0.6 is 11.8 Å². The number of carbonyl (C=O) groups excluding carboxylic acids is 1. The van der Waals surface area contributed by atoms with Crippen molar-refractivity contribution in [2.24, 2.45) is 5.41 Å². The number of hydrogen-bond acceptors (Lipinski definition) is 9. The molecule has 0 unspecified atom stereocenters. The molecule has 2 aliphatic carbocycles. The molecule has 3 heterocycles. The summed E-state index contributed by atoms with van der Waals surface area (Å²) in [6.07, 6.45) is 0.799. The molecule has 2 saturated carbocycles. The SMILES string of the molecule is CO[C@@H]1[C@@H](n2cc(-c3cc(F)c(F)c(F)c3)nn2)[C@@H](O)[C@@H](CO)O[C@H]1S[C@H](C(=O)N1CCC(F)(F)CC1)C1(O)CCC2(CC2)CC1. The molecular weight excluding hydrogens is 639 g/mol. The van der Waals surface area contributed by atoms with Crippen molar-refractivity contribution in [3.8, 4) is 11.3 Å². The summed E-state index contributed by atoms with van der Waals surface area (Å²) in [4.78, 5) is 15.4. The molecule has 2 aliphatic heterocycles. The molecule has 46 heavy (non-hydrogen) atoms. The molecule has 1 aromatic heterocycles. The van der Waals surface area contributed by atoms with Gasteiger partial charge in [-0.25, -0.2) is 26.6 Å². The van der Waals surface area contributed by atoms with Crippen molar-refractivity contribution in [2.45, 2.75) is 97.9 Å². The number of methoxy groups -OCH3 is 1. The topological polar surface area (TPSA) is 130 Å². The Bertz CT molecular complexity index is 1400. The van der Waals surface area contributed by atoms with Gasteiger partial charge < -0.3 is 29.7 Å². The second-order valence-corrected chi connectivity index (χ2v) is 14.3. The summed E-state index contributed by atoms with van der Waals surface area (Å²) in [5.41, 5.74) is -2.55. The fraction of sp³-hybridized carbons (Fsp3) is 0.700. The number of hydrogen-bond donors (Lipinski definition) is 3. The average molecular weight is 677 g/mol. The lowest BCUT2D eigenvalue weighted by molar-refractivity contribution is -0.186. The van der Waals surface area contributed by atoms with Crippen LogP contribution in [0.15, 0.2) is 18.3 Å². The number of carbonyl (C=O) groups is 1. The number of rotatable bonds is 8. The smallest absolute Gasteiger partial charge is 0.251 e. The quantitative estimate of drug-likeness (QED) is 0.285. The van der Waals surface area contributed by atoms with E-state index < -0.39 is 89.4 Å². The van der Waals surface area contributed by atoms with Crippen LogP contribution in [-0.2, 0) is 14.3 Å². The van der Waals surface area contributed by atoms with E-state index in [0.29, 0.717) is 12.8 Å². The maximum atomic E-state index is 14.1. The number of piperidine rings is 1. The third kappa shape index (κ3) is 6.40. The van der Waals surface area contributed by atoms with E-state index in [2.05, 4.69) is 10.3 Å². The molecule has 3 N–H and O–H groups in total. The summed E-state index contributed by atoms with van der Waals surface area (Å²) in [6.45, 7) is -0.988. The summed E-state index contributed by atoms with van der Waals surface area (Å²) in [5, 5.41) is 40.2. The van der Waals surface area contributed by atoms with E-state index in [1.54, 1.807) is 0 Å². The second kappa shape index (κ2) is 12.6. The maximum absolute atomic E-state index is 14.1. The minimum absolute atomic E-state index is 0.0448. The van der Waals surface area contributed by atoms with E-state index in [-0.39, 0.29) is 29.8 Å². The summed E-state index contributed by atoms with van der Waals surface area (Å²) in [5.74, 6) is -7.88.